The van der Waals surface area contributed by atoms with E-state index in [1.54, 1.807) is 6.92 Å². The molecule has 0 aliphatic carbocycles. The van der Waals surface area contributed by atoms with Gasteiger partial charge in [-0.15, -0.1) is 0 Å². The number of nitrogens with one attached hydrogen (secondary N) is 1. The monoisotopic (exact) mass is 244 g/mol. The summed E-state index contributed by atoms with van der Waals surface area (Å²) in [7, 11) is 0. The first kappa shape index (κ1) is 12.4. The van der Waals surface area contributed by atoms with Crippen LogP contribution in [0.4, 0.5) is 5.69 Å². The van der Waals surface area contributed by atoms with Crippen LogP contribution in [0.2, 0.25) is 0 Å². The van der Waals surface area contributed by atoms with Crippen LogP contribution in [0.5, 0.6) is 0 Å². The number of hydrogen-bond donors (Lipinski definition) is 1. The van der Waals surface area contributed by atoms with Gasteiger partial charge in [-0.2, -0.15) is 0 Å². The lowest BCUT2D eigenvalue weighted by Crippen LogP contribution is -2.31. The van der Waals surface area contributed by atoms with Gasteiger partial charge in [0.05, 0.1) is 0 Å². The first-order valence-corrected chi connectivity index (χ1v) is 5.95. The van der Waals surface area contributed by atoms with Crippen molar-refractivity contribution in [3.63, 3.8) is 0 Å². The Morgan fingerprint density at radius 2 is 1.78 bits per heavy atom. The van der Waals surface area contributed by atoms with E-state index < -0.39 is 0 Å². The highest BCUT2D eigenvalue weighted by atomic mass is 16.2. The number of imide groups is 1. The number of amides is 2. The molecule has 4 nitrogen and oxygen atoms in total. The molecule has 2 rings (SSSR count). The molecule has 0 unspecified atom stereocenters. The number of rotatable bonds is 3. The van der Waals surface area contributed by atoms with E-state index in [-0.39, 0.29) is 11.8 Å². The predicted octanol–water partition coefficient (Wildman–Crippen LogP) is 1.99. The number of aryl methyl sites for hydroxylation is 2. The van der Waals surface area contributed by atoms with Gasteiger partial charge in [-0.1, -0.05) is 18.2 Å². The maximum Gasteiger partial charge on any atom is 0.277 e. The van der Waals surface area contributed by atoms with Crippen molar-refractivity contribution in [1.29, 1.82) is 0 Å². The van der Waals surface area contributed by atoms with Gasteiger partial charge in [-0.05, 0) is 31.9 Å². The molecule has 18 heavy (non-hydrogen) atoms. The Labute approximate surface area is 106 Å². The molecule has 1 heterocycles. The van der Waals surface area contributed by atoms with Crippen molar-refractivity contribution in [2.24, 2.45) is 0 Å². The van der Waals surface area contributed by atoms with E-state index in [4.69, 9.17) is 0 Å². The van der Waals surface area contributed by atoms with E-state index in [1.165, 1.54) is 11.0 Å². The van der Waals surface area contributed by atoms with Crippen LogP contribution in [0.15, 0.2) is 30.0 Å². The smallest absolute Gasteiger partial charge is 0.277 e. The van der Waals surface area contributed by atoms with Crippen molar-refractivity contribution in [1.82, 2.24) is 4.90 Å². The van der Waals surface area contributed by atoms with Gasteiger partial charge in [0.15, 0.2) is 0 Å². The minimum absolute atomic E-state index is 0.253. The van der Waals surface area contributed by atoms with Crippen molar-refractivity contribution in [2.45, 2.75) is 20.8 Å². The fourth-order valence-corrected chi connectivity index (χ4v) is 2.04. The number of hydrogen-bond acceptors (Lipinski definition) is 3. The average molecular weight is 244 g/mol. The molecule has 1 aromatic carbocycles. The molecule has 0 saturated heterocycles. The van der Waals surface area contributed by atoms with Crippen LogP contribution in [0, 0.1) is 13.8 Å². The number of carbonyl (C=O) groups excluding carboxylic acids is 2. The van der Waals surface area contributed by atoms with Gasteiger partial charge >= 0.3 is 0 Å². The average Bonchev–Trinajstić information content (AvgIpc) is 2.59. The standard InChI is InChI=1S/C14H16N2O2/c1-4-16-12(17)8-11(14(16)18)15-13-9(2)6-5-7-10(13)3/h5-8,15H,4H2,1-3H3. The third-order valence-corrected chi connectivity index (χ3v) is 3.07. The Hall–Kier alpha value is -2.10. The van der Waals surface area contributed by atoms with Crippen molar-refractivity contribution in [2.75, 3.05) is 11.9 Å². The fraction of sp³-hybridized carbons (Fsp3) is 0.286. The molecule has 1 aliphatic heterocycles. The van der Waals surface area contributed by atoms with Gasteiger partial charge in [-0.25, -0.2) is 0 Å². The number of nitrogens with zero attached hydrogens (tertiary/aromatic N) is 1. The number of para-hydroxylation sites is 1. The molecule has 94 valence electrons. The molecule has 2 amide bonds. The number of benzene rings is 1. The van der Waals surface area contributed by atoms with Gasteiger partial charge in [0.1, 0.15) is 5.70 Å². The van der Waals surface area contributed by atoms with Gasteiger partial charge in [-0.3, -0.25) is 14.5 Å². The van der Waals surface area contributed by atoms with Crippen LogP contribution in [-0.4, -0.2) is 23.3 Å². The molecule has 1 aliphatic rings. The van der Waals surface area contributed by atoms with Gasteiger partial charge in [0.2, 0.25) is 0 Å². The third-order valence-electron chi connectivity index (χ3n) is 3.07. The molecule has 0 fully saturated rings. The summed E-state index contributed by atoms with van der Waals surface area (Å²) in [6.45, 7) is 6.11. The fourth-order valence-electron chi connectivity index (χ4n) is 2.04. The van der Waals surface area contributed by atoms with Crippen LogP contribution >= 0.6 is 0 Å². The van der Waals surface area contributed by atoms with E-state index in [9.17, 15) is 9.59 Å². The van der Waals surface area contributed by atoms with Crippen LogP contribution in [0.25, 0.3) is 0 Å². The normalized spacial score (nSPS) is 15.1. The van der Waals surface area contributed by atoms with Crippen LogP contribution < -0.4 is 5.32 Å². The van der Waals surface area contributed by atoms with Crippen molar-refractivity contribution in [3.05, 3.63) is 41.1 Å². The molecule has 0 saturated carbocycles. The van der Waals surface area contributed by atoms with E-state index in [0.717, 1.165) is 16.8 Å². The summed E-state index contributed by atoms with van der Waals surface area (Å²) in [4.78, 5) is 24.7. The summed E-state index contributed by atoms with van der Waals surface area (Å²) >= 11 is 0. The highest BCUT2D eigenvalue weighted by Gasteiger charge is 2.29. The van der Waals surface area contributed by atoms with Gasteiger partial charge in [0.25, 0.3) is 11.8 Å². The number of likely N-dealkylation sites (N-methyl/N-ethyl adjacent to an activating group) is 1. The van der Waals surface area contributed by atoms with Crippen LogP contribution in [0.1, 0.15) is 18.1 Å². The quantitative estimate of drug-likeness (QED) is 0.827. The van der Waals surface area contributed by atoms with E-state index in [0.29, 0.717) is 12.2 Å². The highest BCUT2D eigenvalue weighted by molar-refractivity contribution is 6.17. The van der Waals surface area contributed by atoms with E-state index in [2.05, 4.69) is 5.32 Å². The molecule has 0 aromatic heterocycles. The van der Waals surface area contributed by atoms with Crippen LogP contribution in [0.3, 0.4) is 0 Å². The van der Waals surface area contributed by atoms with E-state index in [1.807, 2.05) is 32.0 Å². The Morgan fingerprint density at radius 3 is 2.28 bits per heavy atom. The number of anilines is 1. The predicted molar refractivity (Wildman–Crippen MR) is 70.0 cm³/mol. The summed E-state index contributed by atoms with van der Waals surface area (Å²) in [6.07, 6.45) is 1.36. The lowest BCUT2D eigenvalue weighted by molar-refractivity contribution is -0.136. The lowest BCUT2D eigenvalue weighted by atomic mass is 10.1. The summed E-state index contributed by atoms with van der Waals surface area (Å²) in [6, 6.07) is 5.90. The zero-order chi connectivity index (χ0) is 13.3. The van der Waals surface area contributed by atoms with Crippen LogP contribution in [-0.2, 0) is 9.59 Å². The third kappa shape index (κ3) is 2.01. The minimum atomic E-state index is -0.259. The van der Waals surface area contributed by atoms with Gasteiger partial charge in [0, 0.05) is 18.3 Å². The molecule has 0 spiro atoms. The van der Waals surface area contributed by atoms with Crippen molar-refractivity contribution < 1.29 is 9.59 Å². The topological polar surface area (TPSA) is 49.4 Å². The lowest BCUT2D eigenvalue weighted by Gasteiger charge is -2.14. The second-order valence-electron chi connectivity index (χ2n) is 4.34. The molecule has 0 atom stereocenters. The second kappa shape index (κ2) is 4.64. The summed E-state index contributed by atoms with van der Waals surface area (Å²) in [5, 5.41) is 3.07. The molecule has 0 bridgehead atoms. The minimum Gasteiger partial charge on any atom is -0.350 e. The zero-order valence-electron chi connectivity index (χ0n) is 10.8. The molecule has 1 aromatic rings. The highest BCUT2D eigenvalue weighted by Crippen LogP contribution is 2.23. The summed E-state index contributed by atoms with van der Waals surface area (Å²) < 4.78 is 0. The van der Waals surface area contributed by atoms with Crippen molar-refractivity contribution >= 4 is 17.5 Å². The Kier molecular flexibility index (Phi) is 3.19. The zero-order valence-corrected chi connectivity index (χ0v) is 10.8. The summed E-state index contributed by atoms with van der Waals surface area (Å²) in [5.74, 6) is -0.513. The molecule has 0 radical (unpaired) electrons. The molecule has 1 N–H and O–H groups in total. The maximum absolute atomic E-state index is 11.9. The molecule has 4 heteroatoms. The first-order valence-electron chi connectivity index (χ1n) is 5.95. The van der Waals surface area contributed by atoms with E-state index >= 15 is 0 Å². The second-order valence-corrected chi connectivity index (χ2v) is 4.34. The number of carbonyl (C=O) groups is 2. The van der Waals surface area contributed by atoms with Crippen molar-refractivity contribution in [3.8, 4) is 0 Å². The molecular weight excluding hydrogens is 228 g/mol. The van der Waals surface area contributed by atoms with Gasteiger partial charge < -0.3 is 5.32 Å². The Balaban J connectivity index is 2.29. The Bertz CT molecular complexity index is 526. The first-order chi connectivity index (χ1) is 8.54. The largest absolute Gasteiger partial charge is 0.350 e. The Morgan fingerprint density at radius 1 is 1.17 bits per heavy atom. The summed E-state index contributed by atoms with van der Waals surface area (Å²) in [5.41, 5.74) is 3.33. The molecular formula is C14H16N2O2. The maximum atomic E-state index is 11.9. The SMILES string of the molecule is CCN1C(=O)C=C(Nc2c(C)cccc2C)C1=O.